The highest BCUT2D eigenvalue weighted by Gasteiger charge is 2.46. The maximum Gasteiger partial charge on any atom is 0.165 e. The smallest absolute Gasteiger partial charge is 0.165 e. The van der Waals surface area contributed by atoms with E-state index in [-0.39, 0.29) is 17.1 Å². The summed E-state index contributed by atoms with van der Waals surface area (Å²) in [4.78, 5) is 5.22. The van der Waals surface area contributed by atoms with Crippen LogP contribution in [0.2, 0.25) is 0 Å². The van der Waals surface area contributed by atoms with Crippen LogP contribution in [0.5, 0.6) is 0 Å². The van der Waals surface area contributed by atoms with Crippen molar-refractivity contribution in [2.45, 2.75) is 70.9 Å². The van der Waals surface area contributed by atoms with Crippen LogP contribution in [-0.4, -0.2) is 40.7 Å². The van der Waals surface area contributed by atoms with Crippen LogP contribution in [0.3, 0.4) is 0 Å². The van der Waals surface area contributed by atoms with Crippen molar-refractivity contribution >= 4 is 0 Å². The maximum absolute atomic E-state index is 14.9. The van der Waals surface area contributed by atoms with Crippen LogP contribution >= 0.6 is 0 Å². The van der Waals surface area contributed by atoms with E-state index < -0.39 is 6.17 Å². The molecule has 0 amide bonds. The molecule has 0 radical (unpaired) electrons. The zero-order valence-electron chi connectivity index (χ0n) is 19.0. The van der Waals surface area contributed by atoms with Crippen molar-refractivity contribution in [3.05, 3.63) is 35.4 Å². The number of hydrogen-bond donors (Lipinski definition) is 1. The van der Waals surface area contributed by atoms with Crippen molar-refractivity contribution in [3.8, 4) is 11.4 Å². The topological polar surface area (TPSA) is 44.8 Å². The van der Waals surface area contributed by atoms with Gasteiger partial charge >= 0.3 is 0 Å². The molecule has 3 rings (SSSR count). The Kier molecular flexibility index (Phi) is 7.27. The lowest BCUT2D eigenvalue weighted by Crippen LogP contribution is -2.48. The van der Waals surface area contributed by atoms with Crippen LogP contribution in [0.25, 0.3) is 11.4 Å². The highest BCUT2D eigenvalue weighted by molar-refractivity contribution is 5.57. The third-order valence-corrected chi connectivity index (χ3v) is 6.91. The van der Waals surface area contributed by atoms with Crippen molar-refractivity contribution in [1.82, 2.24) is 20.1 Å². The lowest BCUT2D eigenvalue weighted by atomic mass is 9.55. The van der Waals surface area contributed by atoms with Gasteiger partial charge in [0.25, 0.3) is 0 Å². The van der Waals surface area contributed by atoms with Gasteiger partial charge in [0.2, 0.25) is 0 Å². The second-order valence-electron chi connectivity index (χ2n) is 9.24. The Bertz CT molecular complexity index is 834. The maximum atomic E-state index is 14.9. The summed E-state index contributed by atoms with van der Waals surface area (Å²) in [5.74, 6) is 1.29. The van der Waals surface area contributed by atoms with E-state index in [2.05, 4.69) is 54.1 Å². The summed E-state index contributed by atoms with van der Waals surface area (Å²) in [7, 11) is 4.23. The van der Waals surface area contributed by atoms with E-state index in [0.29, 0.717) is 29.6 Å². The van der Waals surface area contributed by atoms with Gasteiger partial charge in [-0.15, -0.1) is 10.2 Å². The van der Waals surface area contributed by atoms with Gasteiger partial charge < -0.3 is 9.88 Å². The van der Waals surface area contributed by atoms with Crippen LogP contribution in [-0.2, 0) is 5.41 Å². The first kappa shape index (κ1) is 22.9. The number of aromatic amines is 1. The molecule has 0 aliphatic heterocycles. The largest absolute Gasteiger partial charge is 0.322 e. The van der Waals surface area contributed by atoms with Gasteiger partial charge in [-0.3, -0.25) is 0 Å². The van der Waals surface area contributed by atoms with Gasteiger partial charge in [0.15, 0.2) is 17.8 Å². The van der Waals surface area contributed by atoms with Gasteiger partial charge in [-0.1, -0.05) is 33.6 Å². The number of benzene rings is 1. The summed E-state index contributed by atoms with van der Waals surface area (Å²) in [5.41, 5.74) is 1.61. The summed E-state index contributed by atoms with van der Waals surface area (Å²) in [5, 5.41) is 8.07. The SMILES string of the molecule is CCCC1(c2cc(F)cc(-c3nnc(C(F)CC)[nH]3)c2)C(C)CCCC1CN(C)C. The molecule has 166 valence electrons. The number of hydrogen-bond acceptors (Lipinski definition) is 3. The van der Waals surface area contributed by atoms with Gasteiger partial charge in [-0.2, -0.15) is 0 Å². The van der Waals surface area contributed by atoms with Gasteiger partial charge in [-0.25, -0.2) is 8.78 Å². The first-order chi connectivity index (χ1) is 14.3. The zero-order chi connectivity index (χ0) is 21.9. The number of H-pyrrole nitrogens is 1. The normalized spacial score (nSPS) is 25.6. The van der Waals surface area contributed by atoms with E-state index in [0.717, 1.165) is 37.8 Å². The predicted molar refractivity (Wildman–Crippen MR) is 118 cm³/mol. The molecule has 1 heterocycles. The van der Waals surface area contributed by atoms with E-state index in [9.17, 15) is 8.78 Å². The van der Waals surface area contributed by atoms with Crippen LogP contribution in [0.4, 0.5) is 8.78 Å². The van der Waals surface area contributed by atoms with Crippen LogP contribution in [0.15, 0.2) is 18.2 Å². The molecule has 1 fully saturated rings. The molecule has 0 spiro atoms. The second kappa shape index (κ2) is 9.54. The molecule has 1 aliphatic rings. The third-order valence-electron chi connectivity index (χ3n) is 6.91. The van der Waals surface area contributed by atoms with Crippen molar-refractivity contribution in [1.29, 1.82) is 0 Å². The molecule has 6 heteroatoms. The molecule has 30 heavy (non-hydrogen) atoms. The average Bonchev–Trinajstić information content (AvgIpc) is 3.19. The first-order valence-electron chi connectivity index (χ1n) is 11.3. The number of halogens is 2. The quantitative estimate of drug-likeness (QED) is 0.566. The fourth-order valence-corrected chi connectivity index (χ4v) is 5.55. The minimum Gasteiger partial charge on any atom is -0.322 e. The Morgan fingerprint density at radius 2 is 1.97 bits per heavy atom. The molecular formula is C24H36F2N4. The fourth-order valence-electron chi connectivity index (χ4n) is 5.55. The van der Waals surface area contributed by atoms with E-state index >= 15 is 0 Å². The molecule has 4 atom stereocenters. The number of nitrogens with zero attached hydrogens (tertiary/aromatic N) is 3. The monoisotopic (exact) mass is 418 g/mol. The highest BCUT2D eigenvalue weighted by Crippen LogP contribution is 2.51. The Labute approximate surface area is 179 Å². The number of aromatic nitrogens is 3. The minimum absolute atomic E-state index is 0.0803. The summed E-state index contributed by atoms with van der Waals surface area (Å²) in [6.45, 7) is 7.29. The van der Waals surface area contributed by atoms with Gasteiger partial charge in [-0.05, 0) is 75.4 Å². The van der Waals surface area contributed by atoms with Crippen molar-refractivity contribution in [3.63, 3.8) is 0 Å². The highest BCUT2D eigenvalue weighted by atomic mass is 19.1. The molecule has 0 bridgehead atoms. The van der Waals surface area contributed by atoms with Crippen molar-refractivity contribution in [2.75, 3.05) is 20.6 Å². The molecule has 4 unspecified atom stereocenters. The Morgan fingerprint density at radius 3 is 2.63 bits per heavy atom. The molecule has 0 saturated heterocycles. The average molecular weight is 419 g/mol. The third kappa shape index (κ3) is 4.43. The van der Waals surface area contributed by atoms with E-state index in [4.69, 9.17) is 0 Å². The molecule has 1 aromatic carbocycles. The molecule has 1 saturated carbocycles. The van der Waals surface area contributed by atoms with Gasteiger partial charge in [0.05, 0.1) is 0 Å². The Balaban J connectivity index is 2.09. The summed E-state index contributed by atoms with van der Waals surface area (Å²) < 4.78 is 28.9. The lowest BCUT2D eigenvalue weighted by molar-refractivity contribution is 0.0813. The number of rotatable bonds is 8. The van der Waals surface area contributed by atoms with Crippen molar-refractivity contribution in [2.24, 2.45) is 11.8 Å². The molecule has 1 aliphatic carbocycles. The van der Waals surface area contributed by atoms with E-state index in [1.54, 1.807) is 13.0 Å². The first-order valence-corrected chi connectivity index (χ1v) is 11.3. The van der Waals surface area contributed by atoms with E-state index in [1.165, 1.54) is 12.5 Å². The molecular weight excluding hydrogens is 382 g/mol. The van der Waals surface area contributed by atoms with Crippen LogP contribution in [0.1, 0.15) is 76.9 Å². The fraction of sp³-hybridized carbons (Fsp3) is 0.667. The predicted octanol–water partition coefficient (Wildman–Crippen LogP) is 6.07. The molecule has 2 aromatic rings. The molecule has 4 nitrogen and oxygen atoms in total. The van der Waals surface area contributed by atoms with E-state index in [1.807, 2.05) is 0 Å². The van der Waals surface area contributed by atoms with Gasteiger partial charge in [0, 0.05) is 17.5 Å². The molecule has 1 aromatic heterocycles. The lowest BCUT2D eigenvalue weighted by Gasteiger charge is -2.50. The van der Waals surface area contributed by atoms with Gasteiger partial charge in [0.1, 0.15) is 5.82 Å². The summed E-state index contributed by atoms with van der Waals surface area (Å²) in [6, 6.07) is 5.25. The van der Waals surface area contributed by atoms with Crippen molar-refractivity contribution < 1.29 is 8.78 Å². The Hall–Kier alpha value is -1.82. The molecule has 1 N–H and O–H groups in total. The standard InChI is InChI=1S/C24H36F2N4/c1-6-11-24(16(3)9-8-10-18(24)15-30(4)5)19-12-17(13-20(25)14-19)22-27-23(29-28-22)21(26)7-2/h12-14,16,18,21H,6-11,15H2,1-5H3,(H,27,28,29). The number of nitrogens with one attached hydrogen (secondary N) is 1. The second-order valence-corrected chi connectivity index (χ2v) is 9.24. The Morgan fingerprint density at radius 1 is 1.20 bits per heavy atom. The summed E-state index contributed by atoms with van der Waals surface area (Å²) in [6.07, 6.45) is 4.74. The van der Waals surface area contributed by atoms with Crippen LogP contribution in [0, 0.1) is 17.7 Å². The summed E-state index contributed by atoms with van der Waals surface area (Å²) >= 11 is 0. The number of alkyl halides is 1. The zero-order valence-corrected chi connectivity index (χ0v) is 19.0. The minimum atomic E-state index is -1.19. The van der Waals surface area contributed by atoms with Crippen LogP contribution < -0.4 is 0 Å².